The number of nitrogens with two attached hydrogens (primary N) is 1. The lowest BCUT2D eigenvalue weighted by Crippen LogP contribution is -2.23. The van der Waals surface area contributed by atoms with Crippen LogP contribution in [0.1, 0.15) is 24.1 Å². The van der Waals surface area contributed by atoms with Crippen LogP contribution in [0.4, 0.5) is 0 Å². The molecule has 0 amide bonds. The average molecular weight is 200 g/mol. The van der Waals surface area contributed by atoms with Crippen molar-refractivity contribution in [3.63, 3.8) is 0 Å². The van der Waals surface area contributed by atoms with E-state index in [1.54, 1.807) is 6.92 Å². The lowest BCUT2D eigenvalue weighted by atomic mass is 10.0. The summed E-state index contributed by atoms with van der Waals surface area (Å²) in [4.78, 5) is 0. The molecule has 0 spiro atoms. The fraction of sp³-hybridized carbons (Fsp3) is 0.400. The van der Waals surface area contributed by atoms with Crippen molar-refractivity contribution < 1.29 is 5.11 Å². The van der Waals surface area contributed by atoms with Gasteiger partial charge in [0.1, 0.15) is 0 Å². The maximum Gasteiger partial charge on any atom is 0.0705 e. The summed E-state index contributed by atoms with van der Waals surface area (Å²) < 4.78 is 0. The van der Waals surface area contributed by atoms with Crippen LogP contribution in [0.25, 0.3) is 0 Å². The highest BCUT2D eigenvalue weighted by molar-refractivity contribution is 6.31. The average Bonchev–Trinajstić information content (AvgIpc) is 2.03. The summed E-state index contributed by atoms with van der Waals surface area (Å²) in [6.07, 6.45) is -0.583. The second-order valence-electron chi connectivity index (χ2n) is 3.29. The van der Waals surface area contributed by atoms with E-state index in [0.717, 1.165) is 11.1 Å². The van der Waals surface area contributed by atoms with Crippen LogP contribution in [-0.2, 0) is 0 Å². The third kappa shape index (κ3) is 2.44. The zero-order valence-electron chi connectivity index (χ0n) is 7.79. The van der Waals surface area contributed by atoms with Gasteiger partial charge in [-0.15, -0.1) is 0 Å². The van der Waals surface area contributed by atoms with Gasteiger partial charge in [-0.05, 0) is 31.0 Å². The van der Waals surface area contributed by atoms with E-state index in [1.165, 1.54) is 0 Å². The van der Waals surface area contributed by atoms with E-state index >= 15 is 0 Å². The van der Waals surface area contributed by atoms with E-state index in [9.17, 15) is 5.11 Å². The lowest BCUT2D eigenvalue weighted by molar-refractivity contribution is 0.164. The fourth-order valence-corrected chi connectivity index (χ4v) is 1.52. The first-order valence-electron chi connectivity index (χ1n) is 4.22. The number of aliphatic hydroxyl groups excluding tert-OH is 1. The molecule has 0 fully saturated rings. The molecule has 72 valence electrons. The molecule has 2 nitrogen and oxygen atoms in total. The molecule has 0 aromatic heterocycles. The van der Waals surface area contributed by atoms with Crippen molar-refractivity contribution in [1.29, 1.82) is 0 Å². The van der Waals surface area contributed by atoms with Crippen molar-refractivity contribution in [2.45, 2.75) is 26.0 Å². The van der Waals surface area contributed by atoms with Gasteiger partial charge in [0.15, 0.2) is 0 Å². The Morgan fingerprint density at radius 3 is 2.54 bits per heavy atom. The number of aliphatic hydroxyl groups is 1. The summed E-state index contributed by atoms with van der Waals surface area (Å²) in [7, 11) is 0. The Morgan fingerprint density at radius 2 is 2.08 bits per heavy atom. The molecule has 2 atom stereocenters. The zero-order valence-corrected chi connectivity index (χ0v) is 8.55. The Bertz CT molecular complexity index is 299. The van der Waals surface area contributed by atoms with Gasteiger partial charge in [0, 0.05) is 5.02 Å². The van der Waals surface area contributed by atoms with E-state index in [2.05, 4.69) is 0 Å². The number of hydrogen-bond donors (Lipinski definition) is 2. The molecule has 3 heteroatoms. The molecule has 13 heavy (non-hydrogen) atoms. The Hall–Kier alpha value is -0.570. The quantitative estimate of drug-likeness (QED) is 0.766. The van der Waals surface area contributed by atoms with Crippen LogP contribution in [0.2, 0.25) is 5.02 Å². The van der Waals surface area contributed by atoms with Crippen LogP contribution >= 0.6 is 11.6 Å². The van der Waals surface area contributed by atoms with Gasteiger partial charge in [0.25, 0.3) is 0 Å². The molecule has 0 aliphatic heterocycles. The number of aryl methyl sites for hydroxylation is 1. The molecule has 0 saturated heterocycles. The Kier molecular flexibility index (Phi) is 3.31. The van der Waals surface area contributed by atoms with Crippen molar-refractivity contribution in [3.8, 4) is 0 Å². The van der Waals surface area contributed by atoms with Crippen LogP contribution in [-0.4, -0.2) is 11.2 Å². The summed E-state index contributed by atoms with van der Waals surface area (Å²) in [5.74, 6) is 0. The Labute approximate surface area is 83.3 Å². The van der Waals surface area contributed by atoms with Crippen molar-refractivity contribution >= 4 is 11.6 Å². The largest absolute Gasteiger partial charge is 0.391 e. The van der Waals surface area contributed by atoms with Gasteiger partial charge < -0.3 is 10.8 Å². The van der Waals surface area contributed by atoms with Crippen LogP contribution in [0.15, 0.2) is 18.2 Å². The monoisotopic (exact) mass is 199 g/mol. The molecule has 1 rings (SSSR count). The third-order valence-corrected chi connectivity index (χ3v) is 2.36. The summed E-state index contributed by atoms with van der Waals surface area (Å²) in [5.41, 5.74) is 7.64. The minimum atomic E-state index is -0.583. The van der Waals surface area contributed by atoms with Gasteiger partial charge >= 0.3 is 0 Å². The number of hydrogen-bond acceptors (Lipinski definition) is 2. The second-order valence-corrected chi connectivity index (χ2v) is 3.70. The smallest absolute Gasteiger partial charge is 0.0705 e. The zero-order chi connectivity index (χ0) is 10.0. The molecule has 0 heterocycles. The molecule has 3 N–H and O–H groups in total. The minimum absolute atomic E-state index is 0.409. The Balaban J connectivity index is 3.01. The third-order valence-electron chi connectivity index (χ3n) is 2.03. The highest BCUT2D eigenvalue weighted by Gasteiger charge is 2.14. The molecule has 0 radical (unpaired) electrons. The summed E-state index contributed by atoms with van der Waals surface area (Å²) >= 11 is 5.98. The van der Waals surface area contributed by atoms with Gasteiger partial charge in [0.05, 0.1) is 12.1 Å². The van der Waals surface area contributed by atoms with Crippen molar-refractivity contribution in [3.05, 3.63) is 34.3 Å². The highest BCUT2D eigenvalue weighted by Crippen LogP contribution is 2.24. The predicted molar refractivity (Wildman–Crippen MR) is 54.8 cm³/mol. The molecular formula is C10H14ClNO. The van der Waals surface area contributed by atoms with Gasteiger partial charge in [-0.1, -0.05) is 23.7 Å². The minimum Gasteiger partial charge on any atom is -0.391 e. The van der Waals surface area contributed by atoms with Crippen LogP contribution in [0.5, 0.6) is 0 Å². The highest BCUT2D eigenvalue weighted by atomic mass is 35.5. The standard InChI is InChI=1S/C10H14ClNO/c1-6-3-4-8(9(11)5-6)10(12)7(2)13/h3-5,7,10,13H,12H2,1-2H3/t7-,10+/m1/s1. The molecule has 1 aromatic rings. The van der Waals surface area contributed by atoms with Gasteiger partial charge in [-0.3, -0.25) is 0 Å². The van der Waals surface area contributed by atoms with Crippen molar-refractivity contribution in [2.75, 3.05) is 0 Å². The van der Waals surface area contributed by atoms with Crippen LogP contribution in [0.3, 0.4) is 0 Å². The summed E-state index contributed by atoms with van der Waals surface area (Å²) in [6.45, 7) is 3.62. The normalized spacial score (nSPS) is 15.5. The first kappa shape index (κ1) is 10.5. The molecule has 0 unspecified atom stereocenters. The van der Waals surface area contributed by atoms with E-state index in [0.29, 0.717) is 5.02 Å². The lowest BCUT2D eigenvalue weighted by Gasteiger charge is -2.16. The van der Waals surface area contributed by atoms with E-state index < -0.39 is 12.1 Å². The van der Waals surface area contributed by atoms with Crippen molar-refractivity contribution in [1.82, 2.24) is 0 Å². The number of benzene rings is 1. The first-order valence-corrected chi connectivity index (χ1v) is 4.60. The van der Waals surface area contributed by atoms with Crippen molar-refractivity contribution in [2.24, 2.45) is 5.73 Å². The molecule has 0 aliphatic rings. The fourth-order valence-electron chi connectivity index (χ4n) is 1.16. The molecule has 1 aromatic carbocycles. The van der Waals surface area contributed by atoms with Crippen LogP contribution < -0.4 is 5.73 Å². The van der Waals surface area contributed by atoms with Gasteiger partial charge in [-0.2, -0.15) is 0 Å². The SMILES string of the molecule is Cc1ccc([C@@H](N)[C@@H](C)O)c(Cl)c1. The predicted octanol–water partition coefficient (Wildman–Crippen LogP) is 2.03. The number of rotatable bonds is 2. The first-order chi connectivity index (χ1) is 6.02. The molecular weight excluding hydrogens is 186 g/mol. The van der Waals surface area contributed by atoms with E-state index in [4.69, 9.17) is 17.3 Å². The van der Waals surface area contributed by atoms with Gasteiger partial charge in [-0.25, -0.2) is 0 Å². The molecule has 0 aliphatic carbocycles. The maximum atomic E-state index is 9.28. The maximum absolute atomic E-state index is 9.28. The summed E-state index contributed by atoms with van der Waals surface area (Å²) in [5, 5.41) is 9.90. The Morgan fingerprint density at radius 1 is 1.46 bits per heavy atom. The second kappa shape index (κ2) is 4.09. The topological polar surface area (TPSA) is 46.2 Å². The summed E-state index contributed by atoms with van der Waals surface area (Å²) in [6, 6.07) is 5.23. The molecule has 0 bridgehead atoms. The van der Waals surface area contributed by atoms with Gasteiger partial charge in [0.2, 0.25) is 0 Å². The van der Waals surface area contributed by atoms with E-state index in [-0.39, 0.29) is 0 Å². The van der Waals surface area contributed by atoms with E-state index in [1.807, 2.05) is 25.1 Å². The number of halogens is 1. The van der Waals surface area contributed by atoms with Crippen LogP contribution in [0, 0.1) is 6.92 Å². The molecule has 0 saturated carbocycles.